The zero-order valence-corrected chi connectivity index (χ0v) is 10.1. The van der Waals surface area contributed by atoms with Gasteiger partial charge >= 0.3 is 6.09 Å². The summed E-state index contributed by atoms with van der Waals surface area (Å²) in [6, 6.07) is 0.267. The number of nitrogens with zero attached hydrogens (tertiary/aromatic N) is 2. The maximum absolute atomic E-state index is 10.7. The first-order chi connectivity index (χ1) is 8.19. The predicted molar refractivity (Wildman–Crippen MR) is 64.3 cm³/mol. The van der Waals surface area contributed by atoms with Gasteiger partial charge in [0.15, 0.2) is 5.13 Å². The Morgan fingerprint density at radius 3 is 2.82 bits per heavy atom. The molecule has 1 saturated heterocycles. The lowest BCUT2D eigenvalue weighted by Crippen LogP contribution is -2.41. The third-order valence-corrected chi connectivity index (χ3v) is 3.63. The molecule has 94 valence electrons. The first-order valence-corrected chi connectivity index (χ1v) is 6.36. The number of piperidine rings is 1. The smallest absolute Gasteiger partial charge is 0.407 e. The van der Waals surface area contributed by atoms with Gasteiger partial charge in [-0.05, 0) is 12.8 Å². The first kappa shape index (κ1) is 12.1. The van der Waals surface area contributed by atoms with Crippen LogP contribution in [-0.2, 0) is 6.61 Å². The Morgan fingerprint density at radius 2 is 2.29 bits per heavy atom. The number of nitrogens with one attached hydrogen (secondary N) is 1. The average molecular weight is 257 g/mol. The maximum atomic E-state index is 10.7. The summed E-state index contributed by atoms with van der Waals surface area (Å²) in [5.41, 5.74) is 0.667. The highest BCUT2D eigenvalue weighted by molar-refractivity contribution is 7.13. The Morgan fingerprint density at radius 1 is 1.59 bits per heavy atom. The SMILES string of the molecule is O=C(O)N1CCC(Nc2nc(CO)cs2)CC1. The minimum absolute atomic E-state index is 0.0460. The van der Waals surface area contributed by atoms with E-state index in [1.165, 1.54) is 16.2 Å². The first-order valence-electron chi connectivity index (χ1n) is 5.48. The molecule has 0 aliphatic carbocycles. The van der Waals surface area contributed by atoms with Crippen LogP contribution in [0.25, 0.3) is 0 Å². The largest absolute Gasteiger partial charge is 0.465 e. The molecule has 0 bridgehead atoms. The molecule has 6 nitrogen and oxygen atoms in total. The van der Waals surface area contributed by atoms with Crippen molar-refractivity contribution >= 4 is 22.6 Å². The molecule has 1 aromatic rings. The fourth-order valence-electron chi connectivity index (χ4n) is 1.84. The number of aromatic nitrogens is 1. The Bertz CT molecular complexity index is 388. The molecule has 1 aliphatic heterocycles. The lowest BCUT2D eigenvalue weighted by molar-refractivity contribution is 0.134. The highest BCUT2D eigenvalue weighted by Gasteiger charge is 2.22. The topological polar surface area (TPSA) is 85.7 Å². The number of thiazole rings is 1. The van der Waals surface area contributed by atoms with Gasteiger partial charge < -0.3 is 20.4 Å². The van der Waals surface area contributed by atoms with E-state index in [1.807, 2.05) is 5.38 Å². The Labute approximate surface area is 103 Å². The van der Waals surface area contributed by atoms with Crippen molar-refractivity contribution in [3.05, 3.63) is 11.1 Å². The van der Waals surface area contributed by atoms with E-state index in [1.54, 1.807) is 0 Å². The van der Waals surface area contributed by atoms with Gasteiger partial charge in [-0.1, -0.05) is 0 Å². The molecule has 1 amide bonds. The minimum atomic E-state index is -0.847. The summed E-state index contributed by atoms with van der Waals surface area (Å²) in [6.45, 7) is 1.08. The fourth-order valence-corrected chi connectivity index (χ4v) is 2.62. The minimum Gasteiger partial charge on any atom is -0.465 e. The second kappa shape index (κ2) is 5.33. The second-order valence-electron chi connectivity index (χ2n) is 3.99. The summed E-state index contributed by atoms with van der Waals surface area (Å²) >= 11 is 1.46. The number of carbonyl (C=O) groups is 1. The van der Waals surface area contributed by atoms with Crippen LogP contribution in [-0.4, -0.2) is 45.3 Å². The van der Waals surface area contributed by atoms with E-state index in [9.17, 15) is 4.79 Å². The van der Waals surface area contributed by atoms with Crippen LogP contribution < -0.4 is 5.32 Å². The zero-order chi connectivity index (χ0) is 12.3. The molecule has 1 aromatic heterocycles. The molecule has 0 aromatic carbocycles. The van der Waals surface area contributed by atoms with Crippen molar-refractivity contribution in [2.45, 2.75) is 25.5 Å². The van der Waals surface area contributed by atoms with E-state index >= 15 is 0 Å². The van der Waals surface area contributed by atoms with Crippen LogP contribution in [0.15, 0.2) is 5.38 Å². The molecule has 1 aliphatic rings. The Balaban J connectivity index is 1.83. The van der Waals surface area contributed by atoms with Crippen molar-refractivity contribution < 1.29 is 15.0 Å². The standard InChI is InChI=1S/C10H15N3O3S/c14-5-8-6-17-9(12-8)11-7-1-3-13(4-2-7)10(15)16/h6-7,14H,1-5H2,(H,11,12)(H,15,16). The molecule has 2 heterocycles. The Hall–Kier alpha value is -1.34. The van der Waals surface area contributed by atoms with Crippen molar-refractivity contribution in [3.63, 3.8) is 0 Å². The molecule has 0 atom stereocenters. The molecular weight excluding hydrogens is 242 g/mol. The molecule has 1 fully saturated rings. The van der Waals surface area contributed by atoms with E-state index in [-0.39, 0.29) is 12.6 Å². The van der Waals surface area contributed by atoms with Crippen LogP contribution in [0.3, 0.4) is 0 Å². The fraction of sp³-hybridized carbons (Fsp3) is 0.600. The van der Waals surface area contributed by atoms with Gasteiger partial charge in [0.05, 0.1) is 12.3 Å². The predicted octanol–water partition coefficient (Wildman–Crippen LogP) is 1.19. The number of aliphatic hydroxyl groups excluding tert-OH is 1. The highest BCUT2D eigenvalue weighted by atomic mass is 32.1. The van der Waals surface area contributed by atoms with Gasteiger partial charge in [0.2, 0.25) is 0 Å². The number of carboxylic acid groups (broad SMARTS) is 1. The van der Waals surface area contributed by atoms with Crippen LogP contribution in [0.1, 0.15) is 18.5 Å². The lowest BCUT2D eigenvalue weighted by Gasteiger charge is -2.30. The quantitative estimate of drug-likeness (QED) is 0.757. The number of likely N-dealkylation sites (tertiary alicyclic amines) is 1. The van der Waals surface area contributed by atoms with Gasteiger partial charge in [-0.3, -0.25) is 0 Å². The molecule has 0 radical (unpaired) electrons. The molecule has 0 spiro atoms. The van der Waals surface area contributed by atoms with Crippen LogP contribution in [0, 0.1) is 0 Å². The van der Waals surface area contributed by atoms with Crippen LogP contribution >= 0.6 is 11.3 Å². The average Bonchev–Trinajstić information content (AvgIpc) is 2.77. The number of rotatable bonds is 3. The number of aliphatic hydroxyl groups is 1. The summed E-state index contributed by atoms with van der Waals surface area (Å²) in [6.07, 6.45) is 0.737. The van der Waals surface area contributed by atoms with Gasteiger partial charge in [0.1, 0.15) is 0 Å². The van der Waals surface area contributed by atoms with E-state index in [0.717, 1.165) is 18.0 Å². The summed E-state index contributed by atoms with van der Waals surface area (Å²) in [5.74, 6) is 0. The van der Waals surface area contributed by atoms with E-state index < -0.39 is 6.09 Å². The normalized spacial score (nSPS) is 17.1. The third-order valence-electron chi connectivity index (χ3n) is 2.81. The summed E-state index contributed by atoms with van der Waals surface area (Å²) in [5, 5.41) is 23.6. The van der Waals surface area contributed by atoms with E-state index in [2.05, 4.69) is 10.3 Å². The third kappa shape index (κ3) is 3.07. The summed E-state index contributed by atoms with van der Waals surface area (Å²) in [4.78, 5) is 16.4. The summed E-state index contributed by atoms with van der Waals surface area (Å²) in [7, 11) is 0. The van der Waals surface area contributed by atoms with Crippen molar-refractivity contribution in [3.8, 4) is 0 Å². The maximum Gasteiger partial charge on any atom is 0.407 e. The number of hydrogen-bond donors (Lipinski definition) is 3. The van der Waals surface area contributed by atoms with Crippen molar-refractivity contribution in [2.75, 3.05) is 18.4 Å². The molecule has 0 saturated carbocycles. The number of amides is 1. The number of anilines is 1. The van der Waals surface area contributed by atoms with Gasteiger partial charge in [0, 0.05) is 24.5 Å². The molecule has 0 unspecified atom stereocenters. The molecule has 3 N–H and O–H groups in total. The lowest BCUT2D eigenvalue weighted by atomic mass is 10.1. The van der Waals surface area contributed by atoms with Crippen LogP contribution in [0.5, 0.6) is 0 Å². The molecule has 2 rings (SSSR count). The van der Waals surface area contributed by atoms with Gasteiger partial charge in [0.25, 0.3) is 0 Å². The number of hydrogen-bond acceptors (Lipinski definition) is 5. The van der Waals surface area contributed by atoms with Crippen molar-refractivity contribution in [1.82, 2.24) is 9.88 Å². The van der Waals surface area contributed by atoms with Gasteiger partial charge in [-0.15, -0.1) is 11.3 Å². The Kier molecular flexibility index (Phi) is 3.80. The summed E-state index contributed by atoms with van der Waals surface area (Å²) < 4.78 is 0. The van der Waals surface area contributed by atoms with E-state index in [0.29, 0.717) is 18.8 Å². The van der Waals surface area contributed by atoms with E-state index in [4.69, 9.17) is 10.2 Å². The van der Waals surface area contributed by atoms with Crippen LogP contribution in [0.2, 0.25) is 0 Å². The van der Waals surface area contributed by atoms with Crippen LogP contribution in [0.4, 0.5) is 9.93 Å². The highest BCUT2D eigenvalue weighted by Crippen LogP contribution is 2.20. The van der Waals surface area contributed by atoms with Crippen molar-refractivity contribution in [2.24, 2.45) is 0 Å². The molecular formula is C10H15N3O3S. The second-order valence-corrected chi connectivity index (χ2v) is 4.85. The van der Waals surface area contributed by atoms with Crippen molar-refractivity contribution in [1.29, 1.82) is 0 Å². The molecule has 17 heavy (non-hydrogen) atoms. The molecule has 7 heteroatoms. The zero-order valence-electron chi connectivity index (χ0n) is 9.30. The monoisotopic (exact) mass is 257 g/mol. The van der Waals surface area contributed by atoms with Gasteiger partial charge in [-0.25, -0.2) is 9.78 Å². The van der Waals surface area contributed by atoms with Gasteiger partial charge in [-0.2, -0.15) is 0 Å².